The zero-order valence-corrected chi connectivity index (χ0v) is 18.5. The summed E-state index contributed by atoms with van der Waals surface area (Å²) in [5, 5.41) is 6.99. The van der Waals surface area contributed by atoms with Gasteiger partial charge in [0.05, 0.1) is 6.10 Å². The normalized spacial score (nSPS) is 26.2. The molecule has 2 N–H and O–H groups in total. The number of aliphatic imine (C=N–C) groups is 1. The summed E-state index contributed by atoms with van der Waals surface area (Å²) in [5.41, 5.74) is 0.180. The monoisotopic (exact) mass is 380 g/mol. The van der Waals surface area contributed by atoms with E-state index in [1.807, 2.05) is 0 Å². The summed E-state index contributed by atoms with van der Waals surface area (Å²) >= 11 is 0. The lowest BCUT2D eigenvalue weighted by molar-refractivity contribution is -0.0823. The van der Waals surface area contributed by atoms with Gasteiger partial charge in [0.2, 0.25) is 0 Å². The third kappa shape index (κ3) is 7.61. The lowest BCUT2D eigenvalue weighted by atomic mass is 9.78. The number of nitrogens with one attached hydrogen (secondary N) is 2. The van der Waals surface area contributed by atoms with Crippen LogP contribution in [0.4, 0.5) is 0 Å². The number of hydrogen-bond donors (Lipinski definition) is 2. The molecule has 2 aliphatic heterocycles. The van der Waals surface area contributed by atoms with Gasteiger partial charge in [-0.25, -0.2) is 0 Å². The van der Waals surface area contributed by atoms with E-state index in [4.69, 9.17) is 9.73 Å². The van der Waals surface area contributed by atoms with Crippen molar-refractivity contribution in [3.05, 3.63) is 0 Å². The highest BCUT2D eigenvalue weighted by molar-refractivity contribution is 5.79. The summed E-state index contributed by atoms with van der Waals surface area (Å²) in [7, 11) is 0. The SMILES string of the molecule is CCNC(=NCC1CCCOC1C(C)(C)C)NCCC1CCN(CC)CC1. The Morgan fingerprint density at radius 1 is 1.11 bits per heavy atom. The van der Waals surface area contributed by atoms with E-state index < -0.39 is 0 Å². The topological polar surface area (TPSA) is 48.9 Å². The van der Waals surface area contributed by atoms with Gasteiger partial charge in [0.15, 0.2) is 5.96 Å². The molecule has 0 aromatic carbocycles. The molecule has 2 rings (SSSR count). The molecule has 2 heterocycles. The van der Waals surface area contributed by atoms with Crippen molar-refractivity contribution in [1.29, 1.82) is 0 Å². The lowest BCUT2D eigenvalue weighted by Gasteiger charge is -2.39. The Morgan fingerprint density at radius 2 is 1.85 bits per heavy atom. The Labute approximate surface area is 167 Å². The Kier molecular flexibility index (Phi) is 9.37. The van der Waals surface area contributed by atoms with Crippen LogP contribution in [0.15, 0.2) is 4.99 Å². The van der Waals surface area contributed by atoms with Crippen molar-refractivity contribution in [1.82, 2.24) is 15.5 Å². The van der Waals surface area contributed by atoms with Crippen molar-refractivity contribution >= 4 is 5.96 Å². The fourth-order valence-corrected chi connectivity index (χ4v) is 4.52. The number of piperidine rings is 1. The van der Waals surface area contributed by atoms with Gasteiger partial charge in [0.1, 0.15) is 0 Å². The van der Waals surface area contributed by atoms with Crippen LogP contribution >= 0.6 is 0 Å². The second-order valence-electron chi connectivity index (χ2n) is 9.37. The molecule has 5 nitrogen and oxygen atoms in total. The van der Waals surface area contributed by atoms with E-state index in [1.54, 1.807) is 0 Å². The van der Waals surface area contributed by atoms with Crippen molar-refractivity contribution < 1.29 is 4.74 Å². The maximum atomic E-state index is 6.11. The van der Waals surface area contributed by atoms with Gasteiger partial charge in [0, 0.05) is 32.2 Å². The Morgan fingerprint density at radius 3 is 2.48 bits per heavy atom. The second-order valence-corrected chi connectivity index (χ2v) is 9.37. The van der Waals surface area contributed by atoms with Crippen molar-refractivity contribution in [2.45, 2.75) is 72.8 Å². The molecular weight excluding hydrogens is 336 g/mol. The van der Waals surface area contributed by atoms with E-state index in [1.165, 1.54) is 45.3 Å². The first-order valence-corrected chi connectivity index (χ1v) is 11.3. The predicted molar refractivity (Wildman–Crippen MR) is 115 cm³/mol. The van der Waals surface area contributed by atoms with Crippen molar-refractivity contribution in [2.24, 2.45) is 22.2 Å². The van der Waals surface area contributed by atoms with Crippen LogP contribution in [0.25, 0.3) is 0 Å². The first kappa shape index (κ1) is 22.5. The minimum Gasteiger partial charge on any atom is -0.377 e. The van der Waals surface area contributed by atoms with Crippen LogP contribution in [0.2, 0.25) is 0 Å². The van der Waals surface area contributed by atoms with Crippen molar-refractivity contribution in [3.8, 4) is 0 Å². The van der Waals surface area contributed by atoms with Gasteiger partial charge in [-0.2, -0.15) is 0 Å². The summed E-state index contributed by atoms with van der Waals surface area (Å²) in [6.45, 7) is 18.7. The summed E-state index contributed by atoms with van der Waals surface area (Å²) in [6, 6.07) is 0. The van der Waals surface area contributed by atoms with Crippen LogP contribution in [0.3, 0.4) is 0 Å². The van der Waals surface area contributed by atoms with E-state index in [2.05, 4.69) is 50.2 Å². The van der Waals surface area contributed by atoms with Gasteiger partial charge in [0.25, 0.3) is 0 Å². The second kappa shape index (κ2) is 11.3. The standard InChI is InChI=1S/C22H44N4O/c1-6-23-21(24-13-10-18-11-14-26(7-2)15-12-18)25-17-19-9-8-16-27-20(19)22(3,4)5/h18-20H,6-17H2,1-5H3,(H2,23,24,25). The van der Waals surface area contributed by atoms with Gasteiger partial charge in [-0.1, -0.05) is 27.7 Å². The van der Waals surface area contributed by atoms with Crippen LogP contribution in [-0.2, 0) is 4.74 Å². The van der Waals surface area contributed by atoms with Crippen molar-refractivity contribution in [3.63, 3.8) is 0 Å². The zero-order valence-electron chi connectivity index (χ0n) is 18.5. The Balaban J connectivity index is 1.79. The molecule has 0 saturated carbocycles. The summed E-state index contributed by atoms with van der Waals surface area (Å²) in [6.07, 6.45) is 6.63. The molecule has 0 amide bonds. The molecule has 2 atom stereocenters. The summed E-state index contributed by atoms with van der Waals surface area (Å²) in [4.78, 5) is 7.48. The molecular formula is C22H44N4O. The molecule has 2 fully saturated rings. The average Bonchev–Trinajstić information content (AvgIpc) is 2.66. The molecule has 0 aromatic heterocycles. The minimum atomic E-state index is 0.180. The maximum Gasteiger partial charge on any atom is 0.191 e. The van der Waals surface area contributed by atoms with Crippen molar-refractivity contribution in [2.75, 3.05) is 45.9 Å². The van der Waals surface area contributed by atoms with Crippen LogP contribution in [0.5, 0.6) is 0 Å². The molecule has 0 bridgehead atoms. The largest absolute Gasteiger partial charge is 0.377 e. The number of rotatable bonds is 7. The van der Waals surface area contributed by atoms with Gasteiger partial charge in [-0.15, -0.1) is 0 Å². The molecule has 2 unspecified atom stereocenters. The molecule has 27 heavy (non-hydrogen) atoms. The number of nitrogens with zero attached hydrogens (tertiary/aromatic N) is 2. The smallest absolute Gasteiger partial charge is 0.191 e. The minimum absolute atomic E-state index is 0.180. The maximum absolute atomic E-state index is 6.11. The van der Waals surface area contributed by atoms with Gasteiger partial charge < -0.3 is 20.3 Å². The molecule has 0 radical (unpaired) electrons. The van der Waals surface area contributed by atoms with Crippen LogP contribution in [0.1, 0.15) is 66.7 Å². The highest BCUT2D eigenvalue weighted by Crippen LogP contribution is 2.34. The average molecular weight is 381 g/mol. The molecule has 0 spiro atoms. The third-order valence-electron chi connectivity index (χ3n) is 6.13. The first-order chi connectivity index (χ1) is 12.9. The highest BCUT2D eigenvalue weighted by Gasteiger charge is 2.35. The van der Waals surface area contributed by atoms with E-state index in [9.17, 15) is 0 Å². The third-order valence-corrected chi connectivity index (χ3v) is 6.13. The van der Waals surface area contributed by atoms with Crippen LogP contribution in [0, 0.1) is 17.3 Å². The molecule has 2 aliphatic rings. The van der Waals surface area contributed by atoms with Crippen LogP contribution < -0.4 is 10.6 Å². The molecule has 5 heteroatoms. The summed E-state index contributed by atoms with van der Waals surface area (Å²) in [5.74, 6) is 2.36. The molecule has 0 aliphatic carbocycles. The molecule has 158 valence electrons. The van der Waals surface area contributed by atoms with E-state index >= 15 is 0 Å². The predicted octanol–water partition coefficient (Wildman–Crippen LogP) is 3.50. The molecule has 0 aromatic rings. The lowest BCUT2D eigenvalue weighted by Crippen LogP contribution is -2.43. The number of hydrogen-bond acceptors (Lipinski definition) is 3. The van der Waals surface area contributed by atoms with E-state index in [-0.39, 0.29) is 5.41 Å². The fourth-order valence-electron chi connectivity index (χ4n) is 4.52. The molecule has 2 saturated heterocycles. The van der Waals surface area contributed by atoms with Crippen LogP contribution in [-0.4, -0.2) is 62.8 Å². The number of ether oxygens (including phenoxy) is 1. The van der Waals surface area contributed by atoms with Gasteiger partial charge >= 0.3 is 0 Å². The highest BCUT2D eigenvalue weighted by atomic mass is 16.5. The van der Waals surface area contributed by atoms with Gasteiger partial charge in [-0.3, -0.25) is 4.99 Å². The Hall–Kier alpha value is -0.810. The van der Waals surface area contributed by atoms with Gasteiger partial charge in [-0.05, 0) is 70.0 Å². The van der Waals surface area contributed by atoms with E-state index in [0.29, 0.717) is 12.0 Å². The Bertz CT molecular complexity index is 438. The van der Waals surface area contributed by atoms with E-state index in [0.717, 1.165) is 44.5 Å². The number of likely N-dealkylation sites (tertiary alicyclic amines) is 1. The number of guanidine groups is 1. The first-order valence-electron chi connectivity index (χ1n) is 11.3. The summed E-state index contributed by atoms with van der Waals surface area (Å²) < 4.78 is 6.11. The zero-order chi connectivity index (χ0) is 19.7. The quantitative estimate of drug-likeness (QED) is 0.524. The fraction of sp³-hybridized carbons (Fsp3) is 0.955.